The lowest BCUT2D eigenvalue weighted by Gasteiger charge is -2.26. The number of amides is 1. The van der Waals surface area contributed by atoms with Crippen molar-refractivity contribution >= 4 is 23.6 Å². The van der Waals surface area contributed by atoms with Gasteiger partial charge in [0.2, 0.25) is 0 Å². The summed E-state index contributed by atoms with van der Waals surface area (Å²) in [6.45, 7) is 0.469. The Bertz CT molecular complexity index is 1460. The predicted molar refractivity (Wildman–Crippen MR) is 160 cm³/mol. The van der Waals surface area contributed by atoms with Gasteiger partial charge in [-0.25, -0.2) is 18.6 Å². The van der Waals surface area contributed by atoms with Gasteiger partial charge >= 0.3 is 5.97 Å². The minimum absolute atomic E-state index is 0.282. The number of aromatic nitrogens is 2. The van der Waals surface area contributed by atoms with Crippen molar-refractivity contribution in [2.75, 3.05) is 12.0 Å². The van der Waals surface area contributed by atoms with Crippen LogP contribution >= 0.6 is 11.8 Å². The standard InChI is InChI=1S/C32H34F2N4O3S/c1-42-17-14-29(32(40)41)37-31(39)27-18-24(7-6-22(27)5-2-21-3-10-25(33)11-4-21)30(35)28(19-38-16-15-36-20-38)23-8-12-26(34)13-9-23/h3-4,6-13,15-16,18,20,28-30H,2,5,14,17,19,35H2,1H3,(H,37,39)(H,40,41)/t28?,29-,30?/m0/s1. The third kappa shape index (κ3) is 8.27. The second kappa shape index (κ2) is 14.7. The molecule has 1 amide bonds. The van der Waals surface area contributed by atoms with Crippen LogP contribution in [-0.4, -0.2) is 44.6 Å². The quantitative estimate of drug-likeness (QED) is 0.182. The van der Waals surface area contributed by atoms with E-state index in [2.05, 4.69) is 10.3 Å². The molecule has 0 aliphatic rings. The number of thioether (sulfide) groups is 1. The highest BCUT2D eigenvalue weighted by Crippen LogP contribution is 2.32. The minimum atomic E-state index is -1.10. The predicted octanol–water partition coefficient (Wildman–Crippen LogP) is 5.37. The van der Waals surface area contributed by atoms with Crippen LogP contribution in [0.25, 0.3) is 0 Å². The highest BCUT2D eigenvalue weighted by atomic mass is 32.2. The van der Waals surface area contributed by atoms with E-state index in [1.807, 2.05) is 29.2 Å². The van der Waals surface area contributed by atoms with Crippen LogP contribution in [0.5, 0.6) is 0 Å². The number of aliphatic carboxylic acids is 1. The summed E-state index contributed by atoms with van der Waals surface area (Å²) in [7, 11) is 0. The normalized spacial score (nSPS) is 13.3. The Labute approximate surface area is 248 Å². The van der Waals surface area contributed by atoms with Crippen molar-refractivity contribution in [1.82, 2.24) is 14.9 Å². The van der Waals surface area contributed by atoms with E-state index in [-0.39, 0.29) is 24.0 Å². The summed E-state index contributed by atoms with van der Waals surface area (Å²) in [6, 6.07) is 16.2. The first-order valence-electron chi connectivity index (χ1n) is 13.6. The zero-order valence-electron chi connectivity index (χ0n) is 23.3. The van der Waals surface area contributed by atoms with Gasteiger partial charge in [0.1, 0.15) is 17.7 Å². The number of nitrogens with zero attached hydrogens (tertiary/aromatic N) is 2. The molecule has 0 radical (unpaired) electrons. The van der Waals surface area contributed by atoms with Crippen molar-refractivity contribution in [1.29, 1.82) is 0 Å². The van der Waals surface area contributed by atoms with E-state index in [0.717, 1.165) is 16.7 Å². The molecule has 0 spiro atoms. The number of hydrogen-bond donors (Lipinski definition) is 3. The number of benzene rings is 3. The Morgan fingerprint density at radius 1 is 1.00 bits per heavy atom. The Morgan fingerprint density at radius 2 is 1.67 bits per heavy atom. The summed E-state index contributed by atoms with van der Waals surface area (Å²) in [4.78, 5) is 29.6. The van der Waals surface area contributed by atoms with E-state index in [0.29, 0.717) is 36.3 Å². The lowest BCUT2D eigenvalue weighted by molar-refractivity contribution is -0.139. The van der Waals surface area contributed by atoms with Crippen LogP contribution in [-0.2, 0) is 24.2 Å². The molecule has 4 rings (SSSR count). The maximum absolute atomic E-state index is 13.7. The van der Waals surface area contributed by atoms with Gasteiger partial charge in [0.15, 0.2) is 0 Å². The molecule has 0 saturated carbocycles. The van der Waals surface area contributed by atoms with E-state index >= 15 is 0 Å². The molecule has 3 atom stereocenters. The van der Waals surface area contributed by atoms with E-state index < -0.39 is 24.0 Å². The highest BCUT2D eigenvalue weighted by Gasteiger charge is 2.26. The molecular formula is C32H34F2N4O3S. The number of imidazole rings is 1. The Balaban J connectivity index is 1.68. The van der Waals surface area contributed by atoms with Gasteiger partial charge in [0, 0.05) is 36.5 Å². The summed E-state index contributed by atoms with van der Waals surface area (Å²) in [5.41, 5.74) is 10.3. The largest absolute Gasteiger partial charge is 0.480 e. The molecule has 0 fully saturated rings. The van der Waals surface area contributed by atoms with E-state index in [1.165, 1.54) is 36.0 Å². The zero-order chi connectivity index (χ0) is 30.1. The van der Waals surface area contributed by atoms with Gasteiger partial charge in [-0.15, -0.1) is 0 Å². The second-order valence-electron chi connectivity index (χ2n) is 10.1. The van der Waals surface area contributed by atoms with Gasteiger partial charge in [-0.3, -0.25) is 4.79 Å². The van der Waals surface area contributed by atoms with Crippen LogP contribution in [0.4, 0.5) is 8.78 Å². The van der Waals surface area contributed by atoms with Gasteiger partial charge in [-0.1, -0.05) is 36.4 Å². The number of halogens is 2. The molecule has 0 aliphatic carbocycles. The number of carbonyl (C=O) groups is 2. The highest BCUT2D eigenvalue weighted by molar-refractivity contribution is 7.98. The van der Waals surface area contributed by atoms with Crippen LogP contribution in [0.1, 0.15) is 51.0 Å². The lowest BCUT2D eigenvalue weighted by atomic mass is 9.85. The number of nitrogens with two attached hydrogens (primary N) is 1. The number of rotatable bonds is 14. The molecule has 7 nitrogen and oxygen atoms in total. The van der Waals surface area contributed by atoms with Gasteiger partial charge in [-0.2, -0.15) is 11.8 Å². The summed E-state index contributed by atoms with van der Waals surface area (Å²) in [5, 5.41) is 12.4. The van der Waals surface area contributed by atoms with Crippen LogP contribution in [0.3, 0.4) is 0 Å². The van der Waals surface area contributed by atoms with Crippen molar-refractivity contribution < 1.29 is 23.5 Å². The average molecular weight is 593 g/mol. The Morgan fingerprint density at radius 3 is 2.29 bits per heavy atom. The molecule has 42 heavy (non-hydrogen) atoms. The van der Waals surface area contributed by atoms with Crippen molar-refractivity contribution in [3.8, 4) is 0 Å². The Kier molecular flexibility index (Phi) is 10.9. The van der Waals surface area contributed by atoms with Gasteiger partial charge in [-0.05, 0) is 83.9 Å². The zero-order valence-corrected chi connectivity index (χ0v) is 24.1. The molecule has 1 aromatic heterocycles. The number of hydrogen-bond acceptors (Lipinski definition) is 5. The van der Waals surface area contributed by atoms with Crippen molar-refractivity contribution in [3.63, 3.8) is 0 Å². The number of carbonyl (C=O) groups excluding carboxylic acids is 1. The smallest absolute Gasteiger partial charge is 0.326 e. The fourth-order valence-electron chi connectivity index (χ4n) is 4.88. The fraction of sp³-hybridized carbons (Fsp3) is 0.281. The summed E-state index contributed by atoms with van der Waals surface area (Å²) >= 11 is 1.50. The topological polar surface area (TPSA) is 110 Å². The number of aryl methyl sites for hydroxylation is 2. The molecular weight excluding hydrogens is 558 g/mol. The van der Waals surface area contributed by atoms with Gasteiger partial charge < -0.3 is 20.7 Å². The van der Waals surface area contributed by atoms with Crippen molar-refractivity contribution in [2.45, 2.75) is 43.8 Å². The SMILES string of the molecule is CSCC[C@H](NC(=O)c1cc(C(N)C(Cn2ccnc2)c2ccc(F)cc2)ccc1CCc1ccc(F)cc1)C(=O)O. The maximum atomic E-state index is 13.7. The Hall–Kier alpha value is -4.02. The monoisotopic (exact) mass is 592 g/mol. The fourth-order valence-corrected chi connectivity index (χ4v) is 5.35. The molecule has 10 heteroatoms. The molecule has 3 aromatic carbocycles. The van der Waals surface area contributed by atoms with Crippen molar-refractivity contribution in [3.05, 3.63) is 125 Å². The molecule has 0 bridgehead atoms. The third-order valence-electron chi connectivity index (χ3n) is 7.27. The van der Waals surface area contributed by atoms with Crippen LogP contribution in [0.2, 0.25) is 0 Å². The first kappa shape index (κ1) is 30.9. The summed E-state index contributed by atoms with van der Waals surface area (Å²) < 4.78 is 29.0. The number of carboxylic acids is 1. The van der Waals surface area contributed by atoms with E-state index in [9.17, 15) is 23.5 Å². The van der Waals surface area contributed by atoms with E-state index in [1.54, 1.807) is 42.9 Å². The molecule has 1 heterocycles. The number of nitrogens with one attached hydrogen (secondary N) is 1. The molecule has 4 N–H and O–H groups in total. The van der Waals surface area contributed by atoms with Gasteiger partial charge in [0.25, 0.3) is 5.91 Å². The third-order valence-corrected chi connectivity index (χ3v) is 7.92. The molecule has 0 aliphatic heterocycles. The lowest BCUT2D eigenvalue weighted by Crippen LogP contribution is -2.41. The average Bonchev–Trinajstić information content (AvgIpc) is 3.51. The maximum Gasteiger partial charge on any atom is 0.326 e. The molecule has 2 unspecified atom stereocenters. The minimum Gasteiger partial charge on any atom is -0.480 e. The van der Waals surface area contributed by atoms with Crippen LogP contribution in [0.15, 0.2) is 85.5 Å². The van der Waals surface area contributed by atoms with E-state index in [4.69, 9.17) is 5.73 Å². The van der Waals surface area contributed by atoms with Gasteiger partial charge in [0.05, 0.1) is 6.33 Å². The number of carboxylic acid groups (broad SMARTS) is 1. The molecule has 0 saturated heterocycles. The summed E-state index contributed by atoms with van der Waals surface area (Å²) in [5.74, 6) is -1.99. The second-order valence-corrected chi connectivity index (χ2v) is 11.1. The molecule has 220 valence electrons. The van der Waals surface area contributed by atoms with Crippen LogP contribution < -0.4 is 11.1 Å². The van der Waals surface area contributed by atoms with Crippen LogP contribution in [0, 0.1) is 11.6 Å². The van der Waals surface area contributed by atoms with Crippen molar-refractivity contribution in [2.24, 2.45) is 5.73 Å². The first-order chi connectivity index (χ1) is 20.2. The summed E-state index contributed by atoms with van der Waals surface area (Å²) in [6.07, 6.45) is 8.36. The molecule has 4 aromatic rings. The first-order valence-corrected chi connectivity index (χ1v) is 15.0.